The second kappa shape index (κ2) is 8.19. The number of carbonyl (C=O) groups excluding carboxylic acids is 2. The van der Waals surface area contributed by atoms with Gasteiger partial charge in [-0.25, -0.2) is 4.79 Å². The third kappa shape index (κ3) is 4.56. The van der Waals surface area contributed by atoms with Crippen LogP contribution in [0.1, 0.15) is 23.2 Å². The maximum Gasteiger partial charge on any atom is 0.319 e. The minimum atomic E-state index is -0.682. The lowest BCUT2D eigenvalue weighted by Crippen LogP contribution is -2.30. The third-order valence-corrected chi connectivity index (χ3v) is 5.03. The van der Waals surface area contributed by atoms with E-state index in [0.29, 0.717) is 22.3 Å². The minimum absolute atomic E-state index is 0.145. The van der Waals surface area contributed by atoms with Crippen LogP contribution in [-0.2, 0) is 0 Å². The van der Waals surface area contributed by atoms with Crippen molar-refractivity contribution in [2.45, 2.75) is 18.9 Å². The molecule has 9 nitrogen and oxygen atoms in total. The number of methoxy groups -OCH3 is 1. The Kier molecular flexibility index (Phi) is 5.43. The molecule has 0 aliphatic heterocycles. The van der Waals surface area contributed by atoms with Gasteiger partial charge in [-0.3, -0.25) is 9.59 Å². The number of nitrogens with one attached hydrogen (secondary N) is 3. The summed E-state index contributed by atoms with van der Waals surface area (Å²) in [4.78, 5) is 38.5. The maximum absolute atomic E-state index is 12.1. The van der Waals surface area contributed by atoms with E-state index >= 15 is 0 Å². The molecule has 1 fully saturated rings. The molecular formula is C21H19ClN4O5. The predicted octanol–water partition coefficient (Wildman–Crippen LogP) is 3.37. The quantitative estimate of drug-likeness (QED) is 0.464. The molecule has 0 spiro atoms. The number of H-pyrrole nitrogens is 1. The number of amides is 3. The molecule has 1 saturated carbocycles. The first kappa shape index (κ1) is 20.5. The molecule has 3 aromatic rings. The Morgan fingerprint density at radius 2 is 1.94 bits per heavy atom. The van der Waals surface area contributed by atoms with Crippen LogP contribution in [0, 0.1) is 0 Å². The number of anilines is 1. The molecule has 0 bridgehead atoms. The monoisotopic (exact) mass is 442 g/mol. The normalized spacial score (nSPS) is 13.0. The predicted molar refractivity (Wildman–Crippen MR) is 116 cm³/mol. The third-order valence-electron chi connectivity index (χ3n) is 4.72. The van der Waals surface area contributed by atoms with Crippen LogP contribution in [0.25, 0.3) is 10.9 Å². The van der Waals surface area contributed by atoms with Crippen LogP contribution in [0.3, 0.4) is 0 Å². The van der Waals surface area contributed by atoms with Gasteiger partial charge in [0, 0.05) is 29.6 Å². The van der Waals surface area contributed by atoms with Gasteiger partial charge in [0.15, 0.2) is 0 Å². The number of primary amides is 1. The van der Waals surface area contributed by atoms with Crippen LogP contribution in [-0.4, -0.2) is 30.1 Å². The summed E-state index contributed by atoms with van der Waals surface area (Å²) < 4.78 is 11.1. The molecule has 10 heteroatoms. The van der Waals surface area contributed by atoms with E-state index in [1.54, 1.807) is 12.1 Å². The highest BCUT2D eigenvalue weighted by Crippen LogP contribution is 2.34. The van der Waals surface area contributed by atoms with Gasteiger partial charge in [-0.2, -0.15) is 0 Å². The number of halogens is 1. The summed E-state index contributed by atoms with van der Waals surface area (Å²) in [6.45, 7) is 0. The zero-order chi connectivity index (χ0) is 22.1. The molecule has 4 rings (SSSR count). The van der Waals surface area contributed by atoms with Gasteiger partial charge in [0.25, 0.3) is 11.5 Å². The van der Waals surface area contributed by atoms with Crippen LogP contribution in [0.15, 0.2) is 41.2 Å². The van der Waals surface area contributed by atoms with E-state index < -0.39 is 11.5 Å². The first-order valence-electron chi connectivity index (χ1n) is 9.44. The van der Waals surface area contributed by atoms with Crippen LogP contribution < -0.4 is 31.4 Å². The molecular weight excluding hydrogens is 424 g/mol. The van der Waals surface area contributed by atoms with Gasteiger partial charge in [0.1, 0.15) is 17.2 Å². The number of aromatic nitrogens is 1. The number of fused-ring (bicyclic) bond motifs is 1. The topological polar surface area (TPSA) is 136 Å². The summed E-state index contributed by atoms with van der Waals surface area (Å²) in [7, 11) is 1.40. The molecule has 1 heterocycles. The van der Waals surface area contributed by atoms with Gasteiger partial charge < -0.3 is 30.8 Å². The summed E-state index contributed by atoms with van der Waals surface area (Å²) in [5, 5.41) is 6.21. The molecule has 160 valence electrons. The highest BCUT2D eigenvalue weighted by Gasteiger charge is 2.23. The summed E-state index contributed by atoms with van der Waals surface area (Å²) in [6.07, 6.45) is 1.95. The number of rotatable bonds is 6. The van der Waals surface area contributed by atoms with E-state index in [4.69, 9.17) is 26.8 Å². The second-order valence-corrected chi connectivity index (χ2v) is 7.48. The molecule has 3 amide bonds. The number of hydrogen-bond acceptors (Lipinski definition) is 5. The average Bonchev–Trinajstić information content (AvgIpc) is 3.52. The van der Waals surface area contributed by atoms with E-state index in [2.05, 4.69) is 15.6 Å². The standard InChI is InChI=1S/C21H19ClN4O5/c1-30-17-8-16-12(7-13(17)20(23)28)18(9-19(27)25-16)31-11-4-5-15(14(22)6-11)26-21(29)24-10-2-3-10/h4-10H,2-3H2,1H3,(H2,23,28)(H,25,27)(H2,24,26,29). The highest BCUT2D eigenvalue weighted by molar-refractivity contribution is 6.33. The summed E-state index contributed by atoms with van der Waals surface area (Å²) >= 11 is 6.28. The van der Waals surface area contributed by atoms with Gasteiger partial charge in [-0.05, 0) is 31.0 Å². The fourth-order valence-electron chi connectivity index (χ4n) is 3.06. The van der Waals surface area contributed by atoms with Crippen LogP contribution in [0.4, 0.5) is 10.5 Å². The number of carbonyl (C=O) groups is 2. The lowest BCUT2D eigenvalue weighted by molar-refractivity contribution is 0.0997. The summed E-state index contributed by atoms with van der Waals surface area (Å²) in [6, 6.07) is 8.84. The number of nitrogens with two attached hydrogens (primary N) is 1. The van der Waals surface area contributed by atoms with Crippen LogP contribution in [0.5, 0.6) is 17.2 Å². The van der Waals surface area contributed by atoms with Crippen molar-refractivity contribution in [3.63, 3.8) is 0 Å². The van der Waals surface area contributed by atoms with Gasteiger partial charge in [0.2, 0.25) is 0 Å². The van der Waals surface area contributed by atoms with E-state index in [9.17, 15) is 14.4 Å². The molecule has 0 saturated heterocycles. The SMILES string of the molecule is COc1cc2[nH]c(=O)cc(Oc3ccc(NC(=O)NC4CC4)c(Cl)c3)c2cc1C(N)=O. The van der Waals surface area contributed by atoms with Crippen molar-refractivity contribution < 1.29 is 19.1 Å². The Morgan fingerprint density at radius 1 is 1.16 bits per heavy atom. The molecule has 2 aromatic carbocycles. The van der Waals surface area contributed by atoms with E-state index in [1.807, 2.05) is 0 Å². The van der Waals surface area contributed by atoms with Gasteiger partial charge in [0.05, 0.1) is 28.9 Å². The van der Waals surface area contributed by atoms with E-state index in [-0.39, 0.29) is 34.2 Å². The first-order chi connectivity index (χ1) is 14.8. The Hall–Kier alpha value is -3.72. The second-order valence-electron chi connectivity index (χ2n) is 7.08. The smallest absolute Gasteiger partial charge is 0.319 e. The van der Waals surface area contributed by atoms with Crippen LogP contribution >= 0.6 is 11.6 Å². The van der Waals surface area contributed by atoms with Gasteiger partial charge >= 0.3 is 6.03 Å². The lowest BCUT2D eigenvalue weighted by atomic mass is 10.1. The molecule has 1 aliphatic rings. The Bertz CT molecular complexity index is 1250. The summed E-state index contributed by atoms with van der Waals surface area (Å²) in [5.41, 5.74) is 6.00. The van der Waals surface area contributed by atoms with Crippen molar-refractivity contribution >= 4 is 40.1 Å². The fraction of sp³-hybridized carbons (Fsp3) is 0.190. The largest absolute Gasteiger partial charge is 0.496 e. The Balaban J connectivity index is 1.65. The Labute approximate surface area is 181 Å². The molecule has 31 heavy (non-hydrogen) atoms. The van der Waals surface area contributed by atoms with Crippen molar-refractivity contribution in [3.8, 4) is 17.2 Å². The minimum Gasteiger partial charge on any atom is -0.496 e. The zero-order valence-corrected chi connectivity index (χ0v) is 17.2. The number of aromatic amines is 1. The number of pyridine rings is 1. The molecule has 5 N–H and O–H groups in total. The molecule has 0 atom stereocenters. The van der Waals surface area contributed by atoms with Crippen molar-refractivity contribution in [1.82, 2.24) is 10.3 Å². The number of urea groups is 1. The van der Waals surface area contributed by atoms with Gasteiger partial charge in [-0.15, -0.1) is 0 Å². The number of hydrogen-bond donors (Lipinski definition) is 4. The summed E-state index contributed by atoms with van der Waals surface area (Å²) in [5.74, 6) is 0.0863. The maximum atomic E-state index is 12.1. The molecule has 1 aromatic heterocycles. The van der Waals surface area contributed by atoms with Crippen LogP contribution in [0.2, 0.25) is 5.02 Å². The Morgan fingerprint density at radius 3 is 2.58 bits per heavy atom. The highest BCUT2D eigenvalue weighted by atomic mass is 35.5. The molecule has 0 unspecified atom stereocenters. The average molecular weight is 443 g/mol. The lowest BCUT2D eigenvalue weighted by Gasteiger charge is -2.13. The first-order valence-corrected chi connectivity index (χ1v) is 9.81. The number of benzene rings is 2. The van der Waals surface area contributed by atoms with Crippen molar-refractivity contribution in [3.05, 3.63) is 57.3 Å². The van der Waals surface area contributed by atoms with Crippen molar-refractivity contribution in [2.24, 2.45) is 5.73 Å². The van der Waals surface area contributed by atoms with E-state index in [1.165, 1.54) is 31.4 Å². The van der Waals surface area contributed by atoms with E-state index in [0.717, 1.165) is 12.8 Å². The number of ether oxygens (including phenoxy) is 2. The van der Waals surface area contributed by atoms with Crippen molar-refractivity contribution in [1.29, 1.82) is 0 Å². The molecule has 1 aliphatic carbocycles. The van der Waals surface area contributed by atoms with Gasteiger partial charge in [-0.1, -0.05) is 11.6 Å². The van der Waals surface area contributed by atoms with Crippen molar-refractivity contribution in [2.75, 3.05) is 12.4 Å². The zero-order valence-electron chi connectivity index (χ0n) is 16.5. The molecule has 0 radical (unpaired) electrons. The fourth-order valence-corrected chi connectivity index (χ4v) is 3.28.